The highest BCUT2D eigenvalue weighted by Gasteiger charge is 2.30. The Bertz CT molecular complexity index is 710. The summed E-state index contributed by atoms with van der Waals surface area (Å²) in [5, 5.41) is 9.11. The highest BCUT2D eigenvalue weighted by Crippen LogP contribution is 2.30. The van der Waals surface area contributed by atoms with Gasteiger partial charge in [0, 0.05) is 23.4 Å². The molecule has 0 aliphatic carbocycles. The minimum Gasteiger partial charge on any atom is -0.376 e. The molecule has 1 amide bonds. The fraction of sp³-hybridized carbons (Fsp3) is 0.286. The van der Waals surface area contributed by atoms with Gasteiger partial charge in [-0.15, -0.1) is 0 Å². The lowest BCUT2D eigenvalue weighted by atomic mass is 10.1. The molecule has 2 aromatic rings. The molecule has 116 valence electrons. The highest BCUT2D eigenvalue weighted by molar-refractivity contribution is 6.04. The van der Waals surface area contributed by atoms with Crippen molar-refractivity contribution in [1.82, 2.24) is 10.2 Å². The summed E-state index contributed by atoms with van der Waals surface area (Å²) in [6.45, 7) is 0.807. The van der Waals surface area contributed by atoms with E-state index in [0.29, 0.717) is 18.6 Å². The summed E-state index contributed by atoms with van der Waals surface area (Å²) in [4.78, 5) is 12.2. The molecule has 0 unspecified atom stereocenters. The lowest BCUT2D eigenvalue weighted by Crippen LogP contribution is -2.17. The number of halogens is 3. The van der Waals surface area contributed by atoms with Gasteiger partial charge in [0.2, 0.25) is 0 Å². The minimum atomic E-state index is -4.46. The number of benzene rings is 1. The second-order valence-electron chi connectivity index (χ2n) is 4.86. The van der Waals surface area contributed by atoms with Crippen molar-refractivity contribution in [3.63, 3.8) is 0 Å². The van der Waals surface area contributed by atoms with Crippen molar-refractivity contribution < 1.29 is 22.7 Å². The van der Waals surface area contributed by atoms with E-state index in [1.807, 2.05) is 0 Å². The predicted octanol–water partition coefficient (Wildman–Crippen LogP) is 2.75. The summed E-state index contributed by atoms with van der Waals surface area (Å²) in [5.74, 6) is -0.567. The van der Waals surface area contributed by atoms with Crippen molar-refractivity contribution in [3.8, 4) is 0 Å². The first-order chi connectivity index (χ1) is 10.4. The van der Waals surface area contributed by atoms with E-state index in [4.69, 9.17) is 4.74 Å². The number of aromatic nitrogens is 2. The molecule has 0 radical (unpaired) electrons. The van der Waals surface area contributed by atoms with Crippen LogP contribution in [-0.4, -0.2) is 22.7 Å². The Morgan fingerprint density at radius 1 is 1.36 bits per heavy atom. The number of amides is 1. The molecule has 0 atom stereocenters. The molecule has 1 aliphatic rings. The summed E-state index contributed by atoms with van der Waals surface area (Å²) in [7, 11) is 0. The van der Waals surface area contributed by atoms with Gasteiger partial charge < -0.3 is 10.1 Å². The standard InChI is InChI=1S/C14H12F3N3O2/c15-14(16,17)8-2-1-3-9(6-8)18-13(21)12-10-7-22-5-4-11(10)19-20-12/h1-3,6H,4-5,7H2,(H,18,21)(H,19,20). The van der Waals surface area contributed by atoms with E-state index < -0.39 is 17.6 Å². The van der Waals surface area contributed by atoms with Gasteiger partial charge in [-0.05, 0) is 18.2 Å². The molecule has 1 aromatic carbocycles. The number of nitrogens with one attached hydrogen (secondary N) is 2. The van der Waals surface area contributed by atoms with Gasteiger partial charge in [-0.1, -0.05) is 6.07 Å². The predicted molar refractivity (Wildman–Crippen MR) is 71.3 cm³/mol. The third-order valence-electron chi connectivity index (χ3n) is 3.36. The number of alkyl halides is 3. The Morgan fingerprint density at radius 3 is 2.95 bits per heavy atom. The van der Waals surface area contributed by atoms with E-state index in [1.54, 1.807) is 0 Å². The fourth-order valence-corrected chi connectivity index (χ4v) is 2.26. The first-order valence-electron chi connectivity index (χ1n) is 6.57. The highest BCUT2D eigenvalue weighted by atomic mass is 19.4. The first-order valence-corrected chi connectivity index (χ1v) is 6.57. The Morgan fingerprint density at radius 2 is 2.18 bits per heavy atom. The normalized spacial score (nSPS) is 14.5. The van der Waals surface area contributed by atoms with Crippen LogP contribution in [0.15, 0.2) is 24.3 Å². The van der Waals surface area contributed by atoms with Crippen molar-refractivity contribution in [1.29, 1.82) is 0 Å². The van der Waals surface area contributed by atoms with Gasteiger partial charge in [0.15, 0.2) is 5.69 Å². The maximum absolute atomic E-state index is 12.7. The van der Waals surface area contributed by atoms with Crippen LogP contribution in [-0.2, 0) is 23.9 Å². The number of anilines is 1. The molecule has 0 fully saturated rings. The number of hydrogen-bond acceptors (Lipinski definition) is 3. The van der Waals surface area contributed by atoms with E-state index >= 15 is 0 Å². The lowest BCUT2D eigenvalue weighted by Gasteiger charge is -2.12. The van der Waals surface area contributed by atoms with Crippen molar-refractivity contribution in [2.45, 2.75) is 19.2 Å². The molecule has 0 saturated heterocycles. The molecule has 1 aromatic heterocycles. The van der Waals surface area contributed by atoms with Crippen molar-refractivity contribution in [3.05, 3.63) is 46.8 Å². The van der Waals surface area contributed by atoms with Crippen LogP contribution in [0.5, 0.6) is 0 Å². The zero-order valence-electron chi connectivity index (χ0n) is 11.3. The quantitative estimate of drug-likeness (QED) is 0.896. The topological polar surface area (TPSA) is 67.0 Å². The molecule has 0 saturated carbocycles. The van der Waals surface area contributed by atoms with Gasteiger partial charge >= 0.3 is 6.18 Å². The van der Waals surface area contributed by atoms with Crippen LogP contribution in [0.25, 0.3) is 0 Å². The minimum absolute atomic E-state index is 0.0632. The van der Waals surface area contributed by atoms with Crippen LogP contribution in [0.1, 0.15) is 27.3 Å². The van der Waals surface area contributed by atoms with Gasteiger partial charge in [-0.3, -0.25) is 9.89 Å². The molecule has 22 heavy (non-hydrogen) atoms. The smallest absolute Gasteiger partial charge is 0.376 e. The zero-order chi connectivity index (χ0) is 15.7. The molecule has 2 N–H and O–H groups in total. The van der Waals surface area contributed by atoms with E-state index in [9.17, 15) is 18.0 Å². The summed E-state index contributed by atoms with van der Waals surface area (Å²) in [6.07, 6.45) is -3.83. The lowest BCUT2D eigenvalue weighted by molar-refractivity contribution is -0.137. The monoisotopic (exact) mass is 311 g/mol. The molecule has 1 aliphatic heterocycles. The third-order valence-corrected chi connectivity index (χ3v) is 3.36. The van der Waals surface area contributed by atoms with Crippen molar-refractivity contribution in [2.24, 2.45) is 0 Å². The van der Waals surface area contributed by atoms with E-state index in [2.05, 4.69) is 15.5 Å². The molecule has 2 heterocycles. The molecular formula is C14H12F3N3O2. The van der Waals surface area contributed by atoms with Crippen LogP contribution >= 0.6 is 0 Å². The van der Waals surface area contributed by atoms with E-state index in [1.165, 1.54) is 12.1 Å². The fourth-order valence-electron chi connectivity index (χ4n) is 2.26. The summed E-state index contributed by atoms with van der Waals surface area (Å²) >= 11 is 0. The third kappa shape index (κ3) is 2.82. The zero-order valence-corrected chi connectivity index (χ0v) is 11.3. The number of nitrogens with zero attached hydrogens (tertiary/aromatic N) is 1. The van der Waals surface area contributed by atoms with Gasteiger partial charge in [0.25, 0.3) is 5.91 Å². The van der Waals surface area contributed by atoms with Crippen molar-refractivity contribution in [2.75, 3.05) is 11.9 Å². The van der Waals surface area contributed by atoms with Crippen LogP contribution in [0.4, 0.5) is 18.9 Å². The SMILES string of the molecule is O=C(Nc1cccc(C(F)(F)F)c1)c1n[nH]c2c1COCC2. The van der Waals surface area contributed by atoms with Crippen LogP contribution in [0, 0.1) is 0 Å². The number of hydrogen-bond donors (Lipinski definition) is 2. The average molecular weight is 311 g/mol. The van der Waals surface area contributed by atoms with E-state index in [-0.39, 0.29) is 18.0 Å². The summed E-state index contributed by atoms with van der Waals surface area (Å²) in [6, 6.07) is 4.46. The molecular weight excluding hydrogens is 299 g/mol. The Labute approximate surface area is 123 Å². The molecule has 3 rings (SSSR count). The van der Waals surface area contributed by atoms with Gasteiger partial charge in [-0.2, -0.15) is 18.3 Å². The number of H-pyrrole nitrogens is 1. The Kier molecular flexibility index (Phi) is 3.61. The largest absolute Gasteiger partial charge is 0.416 e. The second kappa shape index (κ2) is 5.45. The second-order valence-corrected chi connectivity index (χ2v) is 4.86. The van der Waals surface area contributed by atoms with Gasteiger partial charge in [0.1, 0.15) is 0 Å². The maximum Gasteiger partial charge on any atom is 0.416 e. The molecule has 8 heteroatoms. The van der Waals surface area contributed by atoms with Crippen molar-refractivity contribution >= 4 is 11.6 Å². The number of fused-ring (bicyclic) bond motifs is 1. The number of aromatic amines is 1. The van der Waals surface area contributed by atoms with Crippen LogP contribution in [0.3, 0.4) is 0 Å². The van der Waals surface area contributed by atoms with Gasteiger partial charge in [-0.25, -0.2) is 0 Å². The average Bonchev–Trinajstić information content (AvgIpc) is 2.90. The molecule has 5 nitrogen and oxygen atoms in total. The van der Waals surface area contributed by atoms with E-state index in [0.717, 1.165) is 17.8 Å². The van der Waals surface area contributed by atoms with Gasteiger partial charge in [0.05, 0.1) is 18.8 Å². The van der Waals surface area contributed by atoms with Crippen LogP contribution < -0.4 is 5.32 Å². The number of ether oxygens (including phenoxy) is 1. The van der Waals surface area contributed by atoms with Crippen LogP contribution in [0.2, 0.25) is 0 Å². The summed E-state index contributed by atoms with van der Waals surface area (Å²) < 4.78 is 43.2. The Balaban J connectivity index is 1.82. The molecule has 0 bridgehead atoms. The summed E-state index contributed by atoms with van der Waals surface area (Å²) in [5.41, 5.74) is 0.856. The Hall–Kier alpha value is -2.35. The molecule has 0 spiro atoms. The maximum atomic E-state index is 12.7. The first kappa shape index (κ1) is 14.6. The number of carbonyl (C=O) groups excluding carboxylic acids is 1. The number of rotatable bonds is 2. The number of carbonyl (C=O) groups is 1.